The van der Waals surface area contributed by atoms with Crippen molar-refractivity contribution in [3.8, 4) is 5.69 Å². The number of halogens is 1. The second-order valence-corrected chi connectivity index (χ2v) is 14.3. The SMILES string of the molecule is CCN(C(=O)c1cc(F)ccc1-n1cc(C[C@H]2CCN(CC3CCN(C(=O)OC(C)(C)C)CC3)C2)c2c(C)cncc21)C(C)C. The van der Waals surface area contributed by atoms with Gasteiger partial charge in [0.05, 0.1) is 23.0 Å². The number of nitrogens with zero attached hydrogens (tertiary/aromatic N) is 5. The van der Waals surface area contributed by atoms with E-state index in [0.717, 1.165) is 74.9 Å². The van der Waals surface area contributed by atoms with Gasteiger partial charge in [-0.25, -0.2) is 9.18 Å². The van der Waals surface area contributed by atoms with E-state index in [0.29, 0.717) is 29.6 Å². The first-order chi connectivity index (χ1) is 21.3. The van der Waals surface area contributed by atoms with Crippen molar-refractivity contribution in [1.29, 1.82) is 0 Å². The molecule has 45 heavy (non-hydrogen) atoms. The third-order valence-electron chi connectivity index (χ3n) is 9.32. The fourth-order valence-corrected chi connectivity index (χ4v) is 7.13. The van der Waals surface area contributed by atoms with Crippen molar-refractivity contribution in [3.63, 3.8) is 0 Å². The normalized spacial score (nSPS) is 18.2. The summed E-state index contributed by atoms with van der Waals surface area (Å²) in [5.41, 5.74) is 3.84. The summed E-state index contributed by atoms with van der Waals surface area (Å²) >= 11 is 0. The lowest BCUT2D eigenvalue weighted by molar-refractivity contribution is 0.0172. The average molecular weight is 620 g/mol. The van der Waals surface area contributed by atoms with Crippen LogP contribution in [-0.4, -0.2) is 87.2 Å². The van der Waals surface area contributed by atoms with Gasteiger partial charge in [-0.05, 0) is 122 Å². The first-order valence-electron chi connectivity index (χ1n) is 16.6. The number of likely N-dealkylation sites (tertiary alicyclic amines) is 2. The molecule has 2 aromatic heterocycles. The second kappa shape index (κ2) is 13.5. The third kappa shape index (κ3) is 7.51. The number of ether oxygens (including phenoxy) is 1. The van der Waals surface area contributed by atoms with Crippen molar-refractivity contribution < 1.29 is 18.7 Å². The molecule has 0 radical (unpaired) electrons. The van der Waals surface area contributed by atoms with Crippen LogP contribution in [0.5, 0.6) is 0 Å². The van der Waals surface area contributed by atoms with E-state index < -0.39 is 11.4 Å². The zero-order chi connectivity index (χ0) is 32.5. The zero-order valence-corrected chi connectivity index (χ0v) is 28.1. The Morgan fingerprint density at radius 3 is 2.47 bits per heavy atom. The summed E-state index contributed by atoms with van der Waals surface area (Å²) in [6.45, 7) is 19.0. The zero-order valence-electron chi connectivity index (χ0n) is 28.1. The van der Waals surface area contributed by atoms with Gasteiger partial charge < -0.3 is 24.0 Å². The largest absolute Gasteiger partial charge is 0.444 e. The Morgan fingerprint density at radius 1 is 1.09 bits per heavy atom. The molecule has 244 valence electrons. The first kappa shape index (κ1) is 32.9. The molecule has 0 bridgehead atoms. The Kier molecular flexibility index (Phi) is 9.87. The molecule has 2 amide bonds. The Morgan fingerprint density at radius 2 is 1.80 bits per heavy atom. The number of carbonyl (C=O) groups is 2. The maximum absolute atomic E-state index is 14.5. The van der Waals surface area contributed by atoms with Gasteiger partial charge in [-0.15, -0.1) is 0 Å². The molecule has 1 atom stereocenters. The predicted molar refractivity (Wildman–Crippen MR) is 176 cm³/mol. The van der Waals surface area contributed by atoms with E-state index >= 15 is 0 Å². The number of fused-ring (bicyclic) bond motifs is 1. The van der Waals surface area contributed by atoms with E-state index in [-0.39, 0.29) is 18.0 Å². The van der Waals surface area contributed by atoms with Gasteiger partial charge in [-0.1, -0.05) is 0 Å². The number of carbonyl (C=O) groups excluding carboxylic acids is 2. The highest BCUT2D eigenvalue weighted by molar-refractivity contribution is 5.99. The molecule has 0 unspecified atom stereocenters. The molecule has 2 aliphatic rings. The van der Waals surface area contributed by atoms with E-state index in [4.69, 9.17) is 4.74 Å². The number of hydrogen-bond acceptors (Lipinski definition) is 5. The summed E-state index contributed by atoms with van der Waals surface area (Å²) in [7, 11) is 0. The molecule has 1 aromatic carbocycles. The highest BCUT2D eigenvalue weighted by Crippen LogP contribution is 2.33. The Hall–Kier alpha value is -3.46. The van der Waals surface area contributed by atoms with Gasteiger partial charge in [0.15, 0.2) is 0 Å². The van der Waals surface area contributed by atoms with E-state index in [1.54, 1.807) is 11.0 Å². The minimum absolute atomic E-state index is 0.00216. The topological polar surface area (TPSA) is 70.9 Å². The van der Waals surface area contributed by atoms with E-state index in [2.05, 4.69) is 23.0 Å². The first-order valence-corrected chi connectivity index (χ1v) is 16.6. The van der Waals surface area contributed by atoms with E-state index in [1.807, 2.05) is 63.4 Å². The number of amides is 2. The second-order valence-electron chi connectivity index (χ2n) is 14.3. The number of rotatable bonds is 8. The lowest BCUT2D eigenvalue weighted by Gasteiger charge is -2.34. The fourth-order valence-electron chi connectivity index (χ4n) is 7.13. The molecular formula is C36H50FN5O3. The molecule has 5 rings (SSSR count). The van der Waals surface area contributed by atoms with Crippen LogP contribution in [-0.2, 0) is 11.2 Å². The summed E-state index contributed by atoms with van der Waals surface area (Å²) in [4.78, 5) is 36.8. The van der Waals surface area contributed by atoms with Gasteiger partial charge in [0, 0.05) is 56.5 Å². The van der Waals surface area contributed by atoms with Gasteiger partial charge in [0.25, 0.3) is 5.91 Å². The maximum Gasteiger partial charge on any atom is 0.410 e. The molecule has 8 nitrogen and oxygen atoms in total. The van der Waals surface area contributed by atoms with Gasteiger partial charge in [-0.3, -0.25) is 9.78 Å². The summed E-state index contributed by atoms with van der Waals surface area (Å²) in [5.74, 6) is 0.508. The number of hydrogen-bond donors (Lipinski definition) is 0. The predicted octanol–water partition coefficient (Wildman–Crippen LogP) is 6.86. The van der Waals surface area contributed by atoms with Crippen molar-refractivity contribution in [2.24, 2.45) is 11.8 Å². The van der Waals surface area contributed by atoms with Crippen molar-refractivity contribution >= 4 is 22.9 Å². The monoisotopic (exact) mass is 619 g/mol. The summed E-state index contributed by atoms with van der Waals surface area (Å²) in [5, 5.41) is 1.16. The molecule has 2 aliphatic heterocycles. The van der Waals surface area contributed by atoms with Crippen LogP contribution in [0.15, 0.2) is 36.8 Å². The highest BCUT2D eigenvalue weighted by Gasteiger charge is 2.31. The van der Waals surface area contributed by atoms with Gasteiger partial charge in [0.1, 0.15) is 11.4 Å². The number of piperidine rings is 1. The quantitative estimate of drug-likeness (QED) is 0.276. The summed E-state index contributed by atoms with van der Waals surface area (Å²) in [6.07, 6.45) is 9.77. The molecule has 0 aliphatic carbocycles. The van der Waals surface area contributed by atoms with Crippen molar-refractivity contribution in [1.82, 2.24) is 24.3 Å². The van der Waals surface area contributed by atoms with Crippen LogP contribution in [0.1, 0.15) is 82.3 Å². The Bertz CT molecular complexity index is 1520. The van der Waals surface area contributed by atoms with Crippen LogP contribution in [0, 0.1) is 24.6 Å². The van der Waals surface area contributed by atoms with Crippen molar-refractivity contribution in [3.05, 3.63) is 59.3 Å². The van der Waals surface area contributed by atoms with Crippen molar-refractivity contribution in [2.45, 2.75) is 85.8 Å². The number of benzene rings is 1. The van der Waals surface area contributed by atoms with Gasteiger partial charge in [-0.2, -0.15) is 0 Å². The molecule has 4 heterocycles. The minimum Gasteiger partial charge on any atom is -0.444 e. The van der Waals surface area contributed by atoms with E-state index in [1.165, 1.54) is 17.7 Å². The lowest BCUT2D eigenvalue weighted by atomic mass is 9.96. The highest BCUT2D eigenvalue weighted by atomic mass is 19.1. The van der Waals surface area contributed by atoms with Crippen LogP contribution in [0.4, 0.5) is 9.18 Å². The number of aryl methyl sites for hydroxylation is 1. The van der Waals surface area contributed by atoms with Gasteiger partial charge in [0.2, 0.25) is 0 Å². The molecule has 2 fully saturated rings. The Balaban J connectivity index is 1.30. The summed E-state index contributed by atoms with van der Waals surface area (Å²) < 4.78 is 22.2. The molecule has 2 saturated heterocycles. The smallest absolute Gasteiger partial charge is 0.410 e. The van der Waals surface area contributed by atoms with Crippen molar-refractivity contribution in [2.75, 3.05) is 39.3 Å². The fraction of sp³-hybridized carbons (Fsp3) is 0.583. The van der Waals surface area contributed by atoms with Crippen LogP contribution >= 0.6 is 0 Å². The standard InChI is InChI=1S/C36H50FN5O3/c1-8-41(24(2)3)34(43)30-18-29(37)9-10-31(30)42-23-28(33-25(4)19-38-20-32(33)42)17-27-11-14-39(22-27)21-26-12-15-40(16-13-26)35(44)45-36(5,6)7/h9-10,18-20,23-24,26-27H,8,11-17,21-22H2,1-7H3/t27-/m1/s1. The molecule has 0 N–H and O–H groups in total. The van der Waals surface area contributed by atoms with Crippen LogP contribution in [0.3, 0.4) is 0 Å². The van der Waals surface area contributed by atoms with Crippen LogP contribution in [0.25, 0.3) is 16.6 Å². The molecular weight excluding hydrogens is 569 g/mol. The molecule has 0 spiro atoms. The van der Waals surface area contributed by atoms with Crippen LogP contribution < -0.4 is 0 Å². The molecule has 0 saturated carbocycles. The number of pyridine rings is 1. The molecule has 3 aromatic rings. The lowest BCUT2D eigenvalue weighted by Crippen LogP contribution is -2.43. The number of aromatic nitrogens is 2. The summed E-state index contributed by atoms with van der Waals surface area (Å²) in [6, 6.07) is 4.51. The van der Waals surface area contributed by atoms with Crippen LogP contribution in [0.2, 0.25) is 0 Å². The average Bonchev–Trinajstić information content (AvgIpc) is 3.57. The minimum atomic E-state index is -0.470. The van der Waals surface area contributed by atoms with E-state index in [9.17, 15) is 14.0 Å². The molecule has 9 heteroatoms. The maximum atomic E-state index is 14.5. The third-order valence-corrected chi connectivity index (χ3v) is 9.32. The Labute approximate surface area is 267 Å². The van der Waals surface area contributed by atoms with Gasteiger partial charge >= 0.3 is 6.09 Å².